The standard InChI is InChI=1S/C19H30FN3O/c1-4-15(3)23-18(21-5-2)22-14-19(10-12-24-13-11-19)16-6-8-17(20)9-7-16/h6-9,15H,4-5,10-14H2,1-3H3,(H2,21,22,23). The lowest BCUT2D eigenvalue weighted by molar-refractivity contribution is 0.0530. The van der Waals surface area contributed by atoms with E-state index in [2.05, 4.69) is 31.4 Å². The molecule has 0 bridgehead atoms. The van der Waals surface area contributed by atoms with E-state index in [0.29, 0.717) is 12.6 Å². The second-order valence-corrected chi connectivity index (χ2v) is 6.55. The molecule has 0 saturated carbocycles. The molecule has 2 N–H and O–H groups in total. The molecule has 0 aliphatic carbocycles. The number of benzene rings is 1. The zero-order valence-electron chi connectivity index (χ0n) is 15.1. The molecule has 1 aromatic rings. The third kappa shape index (κ3) is 4.94. The summed E-state index contributed by atoms with van der Waals surface area (Å²) in [6, 6.07) is 7.24. The van der Waals surface area contributed by atoms with Crippen molar-refractivity contribution in [2.75, 3.05) is 26.3 Å². The summed E-state index contributed by atoms with van der Waals surface area (Å²) in [5.74, 6) is 0.649. The number of nitrogens with zero attached hydrogens (tertiary/aromatic N) is 1. The van der Waals surface area contributed by atoms with Gasteiger partial charge >= 0.3 is 0 Å². The summed E-state index contributed by atoms with van der Waals surface area (Å²) in [4.78, 5) is 4.84. The van der Waals surface area contributed by atoms with Gasteiger partial charge in [0.1, 0.15) is 5.82 Å². The maximum Gasteiger partial charge on any atom is 0.191 e. The highest BCUT2D eigenvalue weighted by Crippen LogP contribution is 2.35. The van der Waals surface area contributed by atoms with Gasteiger partial charge in [0, 0.05) is 31.2 Å². The van der Waals surface area contributed by atoms with Crippen LogP contribution in [0, 0.1) is 5.82 Å². The van der Waals surface area contributed by atoms with E-state index in [-0.39, 0.29) is 11.2 Å². The lowest BCUT2D eigenvalue weighted by atomic mass is 9.74. The Morgan fingerprint density at radius 2 is 1.92 bits per heavy atom. The molecule has 1 heterocycles. The number of guanidine groups is 1. The van der Waals surface area contributed by atoms with Crippen LogP contribution in [0.15, 0.2) is 29.3 Å². The molecule has 1 aromatic carbocycles. The molecule has 24 heavy (non-hydrogen) atoms. The Hall–Kier alpha value is -1.62. The van der Waals surface area contributed by atoms with Crippen molar-refractivity contribution >= 4 is 5.96 Å². The molecule has 4 nitrogen and oxygen atoms in total. The van der Waals surface area contributed by atoms with E-state index >= 15 is 0 Å². The molecule has 1 aliphatic heterocycles. The fraction of sp³-hybridized carbons (Fsp3) is 0.632. The maximum absolute atomic E-state index is 13.3. The first-order chi connectivity index (χ1) is 11.6. The number of nitrogens with one attached hydrogen (secondary N) is 2. The Bertz CT molecular complexity index is 524. The minimum atomic E-state index is -0.198. The molecule has 0 spiro atoms. The van der Waals surface area contributed by atoms with Crippen LogP contribution < -0.4 is 10.6 Å². The van der Waals surface area contributed by atoms with Crippen molar-refractivity contribution in [3.05, 3.63) is 35.6 Å². The van der Waals surface area contributed by atoms with E-state index in [1.54, 1.807) is 12.1 Å². The summed E-state index contributed by atoms with van der Waals surface area (Å²) in [6.07, 6.45) is 2.86. The second kappa shape index (κ2) is 9.02. The number of hydrogen-bond acceptors (Lipinski definition) is 2. The van der Waals surface area contributed by atoms with Crippen LogP contribution in [-0.4, -0.2) is 38.3 Å². The summed E-state index contributed by atoms with van der Waals surface area (Å²) < 4.78 is 18.9. The van der Waals surface area contributed by atoms with Crippen molar-refractivity contribution in [2.24, 2.45) is 4.99 Å². The Labute approximate surface area is 144 Å². The molecule has 2 rings (SSSR count). The Kier molecular flexibility index (Phi) is 7.03. The van der Waals surface area contributed by atoms with Gasteiger partial charge in [0.15, 0.2) is 5.96 Å². The molecular formula is C19H30FN3O. The van der Waals surface area contributed by atoms with Crippen molar-refractivity contribution in [2.45, 2.75) is 51.5 Å². The Morgan fingerprint density at radius 3 is 2.50 bits per heavy atom. The van der Waals surface area contributed by atoms with Crippen LogP contribution in [-0.2, 0) is 10.2 Å². The van der Waals surface area contributed by atoms with Gasteiger partial charge in [-0.05, 0) is 50.8 Å². The maximum atomic E-state index is 13.3. The average molecular weight is 335 g/mol. The highest BCUT2D eigenvalue weighted by Gasteiger charge is 2.34. The quantitative estimate of drug-likeness (QED) is 0.620. The molecule has 134 valence electrons. The lowest BCUT2D eigenvalue weighted by Gasteiger charge is -2.36. The van der Waals surface area contributed by atoms with Crippen molar-refractivity contribution < 1.29 is 9.13 Å². The molecule has 1 aliphatic rings. The van der Waals surface area contributed by atoms with Gasteiger partial charge in [0.25, 0.3) is 0 Å². The van der Waals surface area contributed by atoms with Gasteiger partial charge in [0.05, 0.1) is 6.54 Å². The highest BCUT2D eigenvalue weighted by atomic mass is 19.1. The Morgan fingerprint density at radius 1 is 1.25 bits per heavy atom. The number of hydrogen-bond donors (Lipinski definition) is 2. The van der Waals surface area contributed by atoms with E-state index < -0.39 is 0 Å². The van der Waals surface area contributed by atoms with Gasteiger partial charge < -0.3 is 15.4 Å². The van der Waals surface area contributed by atoms with Gasteiger partial charge in [-0.2, -0.15) is 0 Å². The van der Waals surface area contributed by atoms with Crippen LogP contribution in [0.25, 0.3) is 0 Å². The summed E-state index contributed by atoms with van der Waals surface area (Å²) >= 11 is 0. The molecule has 0 radical (unpaired) electrons. The fourth-order valence-corrected chi connectivity index (χ4v) is 2.99. The first-order valence-corrected chi connectivity index (χ1v) is 8.98. The summed E-state index contributed by atoms with van der Waals surface area (Å²) in [6.45, 7) is 9.32. The number of aliphatic imine (C=N–C) groups is 1. The summed E-state index contributed by atoms with van der Waals surface area (Å²) in [5, 5.41) is 6.75. The predicted molar refractivity (Wildman–Crippen MR) is 97.0 cm³/mol. The summed E-state index contributed by atoms with van der Waals surface area (Å²) in [7, 11) is 0. The van der Waals surface area contributed by atoms with Crippen molar-refractivity contribution in [3.63, 3.8) is 0 Å². The van der Waals surface area contributed by atoms with Crippen LogP contribution in [0.1, 0.15) is 45.6 Å². The fourth-order valence-electron chi connectivity index (χ4n) is 2.99. The van der Waals surface area contributed by atoms with Crippen molar-refractivity contribution in [1.29, 1.82) is 0 Å². The van der Waals surface area contributed by atoms with Gasteiger partial charge in [-0.25, -0.2) is 4.39 Å². The minimum Gasteiger partial charge on any atom is -0.381 e. The van der Waals surface area contributed by atoms with Gasteiger partial charge in [-0.1, -0.05) is 19.1 Å². The van der Waals surface area contributed by atoms with Crippen LogP contribution >= 0.6 is 0 Å². The van der Waals surface area contributed by atoms with Gasteiger partial charge in [0.2, 0.25) is 0 Å². The van der Waals surface area contributed by atoms with E-state index in [4.69, 9.17) is 9.73 Å². The highest BCUT2D eigenvalue weighted by molar-refractivity contribution is 5.80. The molecule has 0 aromatic heterocycles. The molecule has 0 amide bonds. The monoisotopic (exact) mass is 335 g/mol. The Balaban J connectivity index is 2.20. The lowest BCUT2D eigenvalue weighted by Crippen LogP contribution is -2.44. The molecule has 5 heteroatoms. The largest absolute Gasteiger partial charge is 0.381 e. The average Bonchev–Trinajstić information content (AvgIpc) is 2.61. The van der Waals surface area contributed by atoms with Crippen molar-refractivity contribution in [3.8, 4) is 0 Å². The van der Waals surface area contributed by atoms with E-state index in [1.165, 1.54) is 0 Å². The summed E-state index contributed by atoms with van der Waals surface area (Å²) in [5.41, 5.74) is 1.07. The molecule has 1 atom stereocenters. The van der Waals surface area contributed by atoms with Crippen LogP contribution in [0.2, 0.25) is 0 Å². The molecule has 1 unspecified atom stereocenters. The predicted octanol–water partition coefficient (Wildman–Crippen LogP) is 3.23. The van der Waals surface area contributed by atoms with Crippen LogP contribution in [0.3, 0.4) is 0 Å². The van der Waals surface area contributed by atoms with Crippen LogP contribution in [0.5, 0.6) is 0 Å². The van der Waals surface area contributed by atoms with E-state index in [9.17, 15) is 4.39 Å². The van der Waals surface area contributed by atoms with Gasteiger partial charge in [-0.15, -0.1) is 0 Å². The molecular weight excluding hydrogens is 305 g/mol. The first kappa shape index (κ1) is 18.7. The van der Waals surface area contributed by atoms with E-state index in [0.717, 1.165) is 50.5 Å². The van der Waals surface area contributed by atoms with E-state index in [1.807, 2.05) is 12.1 Å². The van der Waals surface area contributed by atoms with Crippen molar-refractivity contribution in [1.82, 2.24) is 10.6 Å². The zero-order valence-corrected chi connectivity index (χ0v) is 15.1. The van der Waals surface area contributed by atoms with Gasteiger partial charge in [-0.3, -0.25) is 4.99 Å². The normalized spacial score (nSPS) is 18.9. The third-order valence-corrected chi connectivity index (χ3v) is 4.79. The zero-order chi connectivity index (χ0) is 17.4. The smallest absolute Gasteiger partial charge is 0.191 e. The number of halogens is 1. The number of rotatable bonds is 6. The molecule has 1 fully saturated rings. The third-order valence-electron chi connectivity index (χ3n) is 4.79. The second-order valence-electron chi connectivity index (χ2n) is 6.55. The minimum absolute atomic E-state index is 0.0796. The SMILES string of the molecule is CCNC(=NCC1(c2ccc(F)cc2)CCOCC1)NC(C)CC. The first-order valence-electron chi connectivity index (χ1n) is 8.98. The topological polar surface area (TPSA) is 45.7 Å². The molecule has 1 saturated heterocycles. The number of ether oxygens (including phenoxy) is 1. The van der Waals surface area contributed by atoms with Crippen LogP contribution in [0.4, 0.5) is 4.39 Å².